The monoisotopic (exact) mass is 415 g/mol. The predicted molar refractivity (Wildman–Crippen MR) is 105 cm³/mol. The molecule has 6 N–H and O–H groups in total. The first-order chi connectivity index (χ1) is 14.3. The van der Waals surface area contributed by atoms with Crippen LogP contribution < -0.4 is 16.0 Å². The van der Waals surface area contributed by atoms with Crippen LogP contribution in [0.2, 0.25) is 0 Å². The summed E-state index contributed by atoms with van der Waals surface area (Å²) in [4.78, 5) is 40.9. The van der Waals surface area contributed by atoms with Crippen molar-refractivity contribution in [2.45, 2.75) is 6.04 Å². The fraction of sp³-hybridized carbons (Fsp3) is 0.158. The zero-order valence-electron chi connectivity index (χ0n) is 15.5. The number of aromatic nitrogens is 2. The molecular weight excluding hydrogens is 397 g/mol. The lowest BCUT2D eigenvalue weighted by molar-refractivity contribution is 0.0939. The Kier molecular flexibility index (Phi) is 6.11. The third-order valence-corrected chi connectivity index (χ3v) is 4.21. The van der Waals surface area contributed by atoms with Crippen molar-refractivity contribution >= 4 is 29.1 Å². The van der Waals surface area contributed by atoms with Crippen LogP contribution in [0.4, 0.5) is 14.0 Å². The van der Waals surface area contributed by atoms with Crippen LogP contribution in [0.25, 0.3) is 22.2 Å². The minimum Gasteiger partial charge on any atom is -0.465 e. The van der Waals surface area contributed by atoms with Crippen LogP contribution in [-0.4, -0.2) is 57.4 Å². The molecular formula is C19H18FN5O5. The second kappa shape index (κ2) is 8.90. The van der Waals surface area contributed by atoms with E-state index in [1.807, 2.05) is 0 Å². The first-order valence-electron chi connectivity index (χ1n) is 8.82. The number of halogens is 1. The summed E-state index contributed by atoms with van der Waals surface area (Å²) in [5.41, 5.74) is 2.72. The number of carboxylic acid groups (broad SMARTS) is 2. The summed E-state index contributed by atoms with van der Waals surface area (Å²) in [5, 5.41) is 24.1. The van der Waals surface area contributed by atoms with Gasteiger partial charge < -0.3 is 31.1 Å². The lowest BCUT2D eigenvalue weighted by Gasteiger charge is -2.16. The molecule has 2 aromatic carbocycles. The summed E-state index contributed by atoms with van der Waals surface area (Å²) in [7, 11) is 0. The van der Waals surface area contributed by atoms with Gasteiger partial charge in [0.05, 0.1) is 17.1 Å². The number of carbonyl (C=O) groups is 3. The summed E-state index contributed by atoms with van der Waals surface area (Å²) < 4.78 is 13.1. The molecule has 0 saturated heterocycles. The van der Waals surface area contributed by atoms with Gasteiger partial charge in [0.2, 0.25) is 0 Å². The highest BCUT2D eigenvalue weighted by atomic mass is 19.1. The second-order valence-electron chi connectivity index (χ2n) is 6.37. The molecule has 3 rings (SSSR count). The molecule has 0 aliphatic heterocycles. The van der Waals surface area contributed by atoms with Crippen LogP contribution in [-0.2, 0) is 0 Å². The number of hydrogen-bond acceptors (Lipinski definition) is 4. The number of fused-ring (bicyclic) bond motifs is 1. The quantitative estimate of drug-likeness (QED) is 0.347. The second-order valence-corrected chi connectivity index (χ2v) is 6.37. The highest BCUT2D eigenvalue weighted by Crippen LogP contribution is 2.23. The number of carbonyl (C=O) groups excluding carboxylic acids is 1. The van der Waals surface area contributed by atoms with Crippen molar-refractivity contribution in [3.05, 3.63) is 54.1 Å². The van der Waals surface area contributed by atoms with Crippen molar-refractivity contribution in [1.29, 1.82) is 0 Å². The Bertz CT molecular complexity index is 1080. The van der Waals surface area contributed by atoms with E-state index in [-0.39, 0.29) is 24.7 Å². The van der Waals surface area contributed by atoms with Crippen LogP contribution in [0, 0.1) is 5.82 Å². The number of aromatic amines is 1. The number of H-pyrrole nitrogens is 1. The van der Waals surface area contributed by atoms with E-state index in [4.69, 9.17) is 10.2 Å². The predicted octanol–water partition coefficient (Wildman–Crippen LogP) is 2.00. The van der Waals surface area contributed by atoms with Crippen LogP contribution in [0.3, 0.4) is 0 Å². The summed E-state index contributed by atoms with van der Waals surface area (Å²) in [6.07, 6.45) is -2.66. The molecule has 0 fully saturated rings. The molecule has 0 unspecified atom stereocenters. The first kappa shape index (κ1) is 20.6. The molecule has 1 heterocycles. The molecule has 156 valence electrons. The molecule has 0 bridgehead atoms. The van der Waals surface area contributed by atoms with Gasteiger partial charge in [0.1, 0.15) is 5.82 Å². The molecule has 0 saturated carbocycles. The summed E-state index contributed by atoms with van der Waals surface area (Å²) in [6, 6.07) is 10.4. The van der Waals surface area contributed by atoms with E-state index in [2.05, 4.69) is 25.9 Å². The fourth-order valence-electron chi connectivity index (χ4n) is 2.79. The Morgan fingerprint density at radius 2 is 1.63 bits per heavy atom. The average Bonchev–Trinajstić information content (AvgIpc) is 3.13. The molecule has 10 nitrogen and oxygen atoms in total. The van der Waals surface area contributed by atoms with Gasteiger partial charge in [-0.2, -0.15) is 0 Å². The zero-order valence-corrected chi connectivity index (χ0v) is 15.5. The van der Waals surface area contributed by atoms with Crippen molar-refractivity contribution in [1.82, 2.24) is 25.9 Å². The van der Waals surface area contributed by atoms with Gasteiger partial charge in [-0.05, 0) is 35.4 Å². The largest absolute Gasteiger partial charge is 0.465 e. The number of imidazole rings is 1. The van der Waals surface area contributed by atoms with Gasteiger partial charge in [0.15, 0.2) is 5.82 Å². The van der Waals surface area contributed by atoms with Gasteiger partial charge in [-0.15, -0.1) is 0 Å². The lowest BCUT2D eigenvalue weighted by Crippen LogP contribution is -2.49. The third kappa shape index (κ3) is 5.22. The fourth-order valence-corrected chi connectivity index (χ4v) is 2.79. The number of rotatable bonds is 7. The molecule has 0 radical (unpaired) electrons. The third-order valence-electron chi connectivity index (χ3n) is 4.21. The lowest BCUT2D eigenvalue weighted by atomic mass is 10.1. The maximum absolute atomic E-state index is 13.1. The molecule has 3 amide bonds. The van der Waals surface area contributed by atoms with Crippen LogP contribution in [0.5, 0.6) is 0 Å². The van der Waals surface area contributed by atoms with E-state index in [0.717, 1.165) is 11.1 Å². The average molecular weight is 415 g/mol. The van der Waals surface area contributed by atoms with Crippen LogP contribution >= 0.6 is 0 Å². The summed E-state index contributed by atoms with van der Waals surface area (Å²) in [5.74, 6) is -0.906. The molecule has 1 atom stereocenters. The minimum atomic E-state index is -1.35. The van der Waals surface area contributed by atoms with Gasteiger partial charge in [-0.25, -0.2) is 19.0 Å². The van der Waals surface area contributed by atoms with Gasteiger partial charge in [0.25, 0.3) is 5.91 Å². The highest BCUT2D eigenvalue weighted by Gasteiger charge is 2.17. The summed E-state index contributed by atoms with van der Waals surface area (Å²) >= 11 is 0. The van der Waals surface area contributed by atoms with E-state index < -0.39 is 24.1 Å². The maximum Gasteiger partial charge on any atom is 0.405 e. The number of hydrogen-bond donors (Lipinski definition) is 6. The zero-order chi connectivity index (χ0) is 21.7. The van der Waals surface area contributed by atoms with Crippen molar-refractivity contribution in [3.8, 4) is 11.1 Å². The molecule has 0 aliphatic carbocycles. The van der Waals surface area contributed by atoms with Gasteiger partial charge in [-0.1, -0.05) is 18.2 Å². The molecule has 0 spiro atoms. The van der Waals surface area contributed by atoms with Crippen molar-refractivity contribution < 1.29 is 29.0 Å². The van der Waals surface area contributed by atoms with E-state index in [0.29, 0.717) is 11.0 Å². The van der Waals surface area contributed by atoms with Crippen molar-refractivity contribution in [2.75, 3.05) is 13.1 Å². The number of nitrogens with zero attached hydrogens (tertiary/aromatic N) is 1. The van der Waals surface area contributed by atoms with Gasteiger partial charge in [-0.3, -0.25) is 4.79 Å². The number of amides is 3. The summed E-state index contributed by atoms with van der Waals surface area (Å²) in [6.45, 7) is -0.369. The Morgan fingerprint density at radius 3 is 2.30 bits per heavy atom. The molecule has 0 aliphatic rings. The SMILES string of the molecule is O=C(O)NC[C@@H](CNC(=O)c1nc2cc(-c3ccc(F)cc3)ccc2[nH]1)NC(=O)O. The Labute approximate surface area is 169 Å². The van der Waals surface area contributed by atoms with Crippen molar-refractivity contribution in [2.24, 2.45) is 0 Å². The number of nitrogens with one attached hydrogen (secondary N) is 4. The Morgan fingerprint density at radius 1 is 0.967 bits per heavy atom. The van der Waals surface area contributed by atoms with Crippen molar-refractivity contribution in [3.63, 3.8) is 0 Å². The van der Waals surface area contributed by atoms with E-state index in [1.165, 1.54) is 12.1 Å². The standard InChI is InChI=1S/C19H18FN5O5/c20-12-4-1-10(2-5-12)11-3-6-14-15(7-11)25-16(24-14)17(26)21-8-13(23-19(29)30)9-22-18(27)28/h1-7,13,22-23H,8-9H2,(H,21,26)(H,24,25)(H,27,28)(H,29,30)/t13-/m1/s1. The molecule has 1 aromatic heterocycles. The van der Waals surface area contributed by atoms with Crippen LogP contribution in [0.15, 0.2) is 42.5 Å². The normalized spacial score (nSPS) is 11.6. The smallest absolute Gasteiger partial charge is 0.405 e. The molecule has 30 heavy (non-hydrogen) atoms. The maximum atomic E-state index is 13.1. The Balaban J connectivity index is 1.70. The van der Waals surface area contributed by atoms with Crippen LogP contribution in [0.1, 0.15) is 10.6 Å². The first-order valence-corrected chi connectivity index (χ1v) is 8.82. The van der Waals surface area contributed by atoms with E-state index in [9.17, 15) is 18.8 Å². The van der Waals surface area contributed by atoms with Gasteiger partial charge in [0, 0.05) is 13.1 Å². The van der Waals surface area contributed by atoms with E-state index in [1.54, 1.807) is 30.3 Å². The number of benzene rings is 2. The van der Waals surface area contributed by atoms with E-state index >= 15 is 0 Å². The molecule has 11 heteroatoms. The Hall–Kier alpha value is -4.15. The highest BCUT2D eigenvalue weighted by molar-refractivity contribution is 5.95. The van der Waals surface area contributed by atoms with Gasteiger partial charge >= 0.3 is 12.2 Å². The minimum absolute atomic E-state index is 0.0153. The topological polar surface area (TPSA) is 156 Å². The molecule has 3 aromatic rings.